The van der Waals surface area contributed by atoms with Crippen LogP contribution < -0.4 is 0 Å². The maximum Gasteiger partial charge on any atom is 0.407 e. The smallest absolute Gasteiger partial charge is 0.407 e. The predicted octanol–water partition coefficient (Wildman–Crippen LogP) is 3.59. The van der Waals surface area contributed by atoms with E-state index in [0.29, 0.717) is 48.1 Å². The van der Waals surface area contributed by atoms with Gasteiger partial charge in [-0.25, -0.2) is 4.79 Å². The molecule has 3 rings (SSSR count). The first kappa shape index (κ1) is 17.9. The van der Waals surface area contributed by atoms with E-state index < -0.39 is 6.09 Å². The van der Waals surface area contributed by atoms with E-state index in [9.17, 15) is 14.7 Å². The minimum atomic E-state index is -0.938. The van der Waals surface area contributed by atoms with Gasteiger partial charge in [0.15, 0.2) is 0 Å². The summed E-state index contributed by atoms with van der Waals surface area (Å²) in [5, 5.41) is 11.0. The van der Waals surface area contributed by atoms with Crippen LogP contribution in [0.2, 0.25) is 10.0 Å². The summed E-state index contributed by atoms with van der Waals surface area (Å²) in [5.41, 5.74) is 2.63. The summed E-state index contributed by atoms with van der Waals surface area (Å²) >= 11 is 12.6. The molecule has 1 aromatic heterocycles. The molecule has 0 radical (unpaired) electrons. The Labute approximate surface area is 154 Å². The van der Waals surface area contributed by atoms with Crippen LogP contribution in [0.25, 0.3) is 10.9 Å². The molecule has 0 unspecified atom stereocenters. The topological polar surface area (TPSA) is 71.8 Å². The Bertz CT molecular complexity index is 847. The number of halogens is 2. The van der Waals surface area contributed by atoms with E-state index in [1.54, 1.807) is 13.0 Å². The first-order chi connectivity index (χ1) is 11.9. The summed E-state index contributed by atoms with van der Waals surface area (Å²) in [6.45, 7) is 2.84. The van der Waals surface area contributed by atoms with E-state index in [1.165, 1.54) is 4.90 Å². The Kier molecular flexibility index (Phi) is 5.11. The molecule has 0 fully saturated rings. The third-order valence-corrected chi connectivity index (χ3v) is 5.25. The molecule has 1 aromatic carbocycles. The lowest BCUT2D eigenvalue weighted by Crippen LogP contribution is -2.32. The van der Waals surface area contributed by atoms with Gasteiger partial charge in [-0.05, 0) is 25.0 Å². The van der Waals surface area contributed by atoms with Crippen LogP contribution in [0.15, 0.2) is 12.1 Å². The predicted molar refractivity (Wildman–Crippen MR) is 95.6 cm³/mol. The Balaban J connectivity index is 2.13. The third-order valence-electron chi connectivity index (χ3n) is 4.45. The molecule has 0 bridgehead atoms. The summed E-state index contributed by atoms with van der Waals surface area (Å²) in [6, 6.07) is 3.60. The van der Waals surface area contributed by atoms with Gasteiger partial charge < -0.3 is 19.3 Å². The van der Waals surface area contributed by atoms with Crippen LogP contribution in [0.3, 0.4) is 0 Å². The second kappa shape index (κ2) is 7.14. The van der Waals surface area contributed by atoms with E-state index in [-0.39, 0.29) is 12.5 Å². The van der Waals surface area contributed by atoms with E-state index in [4.69, 9.17) is 27.9 Å². The lowest BCUT2D eigenvalue weighted by molar-refractivity contribution is -0.143. The number of amides is 1. The Morgan fingerprint density at radius 3 is 2.64 bits per heavy atom. The minimum absolute atomic E-state index is 0.0206. The molecule has 1 aliphatic heterocycles. The third kappa shape index (κ3) is 3.28. The molecular formula is C17H18Cl2N2O4. The van der Waals surface area contributed by atoms with Crippen molar-refractivity contribution in [2.24, 2.45) is 0 Å². The summed E-state index contributed by atoms with van der Waals surface area (Å²) in [6.07, 6.45) is 0.128. The Hall–Kier alpha value is -1.92. The molecule has 6 nitrogen and oxygen atoms in total. The molecule has 1 amide bonds. The van der Waals surface area contributed by atoms with Crippen molar-refractivity contribution in [1.29, 1.82) is 0 Å². The molecular weight excluding hydrogens is 367 g/mol. The first-order valence-electron chi connectivity index (χ1n) is 8.05. The minimum Gasteiger partial charge on any atom is -0.465 e. The summed E-state index contributed by atoms with van der Waals surface area (Å²) in [7, 11) is 0. The van der Waals surface area contributed by atoms with E-state index >= 15 is 0 Å². The molecule has 0 saturated carbocycles. The van der Waals surface area contributed by atoms with Crippen LogP contribution in [-0.2, 0) is 28.9 Å². The van der Waals surface area contributed by atoms with Gasteiger partial charge in [0, 0.05) is 30.6 Å². The number of carbonyl (C=O) groups is 2. The average molecular weight is 385 g/mol. The average Bonchev–Trinajstić information content (AvgIpc) is 2.71. The van der Waals surface area contributed by atoms with Crippen molar-refractivity contribution in [2.75, 3.05) is 19.7 Å². The second-order valence-corrected chi connectivity index (χ2v) is 6.63. The van der Waals surface area contributed by atoms with Gasteiger partial charge in [0.2, 0.25) is 0 Å². The summed E-state index contributed by atoms with van der Waals surface area (Å²) in [4.78, 5) is 24.8. The van der Waals surface area contributed by atoms with Gasteiger partial charge in [-0.2, -0.15) is 0 Å². The van der Waals surface area contributed by atoms with Crippen LogP contribution in [0.1, 0.15) is 18.2 Å². The normalized spacial score (nSPS) is 14.3. The number of hydrogen-bond donors (Lipinski definition) is 1. The van der Waals surface area contributed by atoms with Crippen LogP contribution >= 0.6 is 23.2 Å². The number of hydrogen-bond acceptors (Lipinski definition) is 3. The van der Waals surface area contributed by atoms with Crippen LogP contribution in [0, 0.1) is 0 Å². The molecule has 0 saturated heterocycles. The molecule has 0 atom stereocenters. The summed E-state index contributed by atoms with van der Waals surface area (Å²) in [5.74, 6) is -0.363. The second-order valence-electron chi connectivity index (χ2n) is 5.84. The maximum atomic E-state index is 12.1. The Morgan fingerprint density at radius 1 is 1.24 bits per heavy atom. The molecule has 25 heavy (non-hydrogen) atoms. The Morgan fingerprint density at radius 2 is 1.96 bits per heavy atom. The van der Waals surface area contributed by atoms with Crippen molar-refractivity contribution < 1.29 is 19.4 Å². The first-order valence-corrected chi connectivity index (χ1v) is 8.81. The number of fused-ring (bicyclic) bond motifs is 3. The number of rotatable bonds is 3. The number of esters is 1. The highest BCUT2D eigenvalue weighted by Gasteiger charge is 2.26. The standard InChI is InChI=1S/C17H18Cl2N2O4/c1-2-25-14(22)9-21-13-6-8-20(17(23)24)7-5-10(13)11-3-4-12(18)15(19)16(11)21/h3-4H,2,5-9H2,1H3,(H,23,24). The highest BCUT2D eigenvalue weighted by Crippen LogP contribution is 2.37. The van der Waals surface area contributed by atoms with Gasteiger partial charge in [0.05, 0.1) is 22.2 Å². The van der Waals surface area contributed by atoms with E-state index in [2.05, 4.69) is 0 Å². The highest BCUT2D eigenvalue weighted by atomic mass is 35.5. The van der Waals surface area contributed by atoms with Crippen molar-refractivity contribution in [3.63, 3.8) is 0 Å². The largest absolute Gasteiger partial charge is 0.465 e. The van der Waals surface area contributed by atoms with Crippen molar-refractivity contribution in [3.05, 3.63) is 33.4 Å². The highest BCUT2D eigenvalue weighted by molar-refractivity contribution is 6.45. The van der Waals surface area contributed by atoms with E-state index in [1.807, 2.05) is 10.6 Å². The number of carbonyl (C=O) groups excluding carboxylic acids is 1. The van der Waals surface area contributed by atoms with Gasteiger partial charge in [0.1, 0.15) is 6.54 Å². The SMILES string of the molecule is CCOC(=O)Cn1c2c(c3ccc(Cl)c(Cl)c31)CCN(C(=O)O)CC2. The van der Waals surface area contributed by atoms with Crippen LogP contribution in [-0.4, -0.2) is 46.3 Å². The number of ether oxygens (including phenoxy) is 1. The van der Waals surface area contributed by atoms with Gasteiger partial charge in [0.25, 0.3) is 0 Å². The molecule has 2 aromatic rings. The zero-order valence-electron chi connectivity index (χ0n) is 13.7. The van der Waals surface area contributed by atoms with Gasteiger partial charge in [-0.3, -0.25) is 4.79 Å². The van der Waals surface area contributed by atoms with Crippen molar-refractivity contribution >= 4 is 46.2 Å². The fraction of sp³-hybridized carbons (Fsp3) is 0.412. The molecule has 8 heteroatoms. The molecule has 2 heterocycles. The lowest BCUT2D eigenvalue weighted by Gasteiger charge is -2.16. The van der Waals surface area contributed by atoms with Crippen LogP contribution in [0.4, 0.5) is 4.79 Å². The van der Waals surface area contributed by atoms with Gasteiger partial charge in [-0.1, -0.05) is 29.3 Å². The number of aromatic nitrogens is 1. The quantitative estimate of drug-likeness (QED) is 0.820. The molecule has 134 valence electrons. The zero-order chi connectivity index (χ0) is 18.1. The number of benzene rings is 1. The molecule has 0 spiro atoms. The van der Waals surface area contributed by atoms with Crippen LogP contribution in [0.5, 0.6) is 0 Å². The van der Waals surface area contributed by atoms with E-state index in [0.717, 1.165) is 16.6 Å². The van der Waals surface area contributed by atoms with Crippen molar-refractivity contribution in [2.45, 2.75) is 26.3 Å². The van der Waals surface area contributed by atoms with Crippen molar-refractivity contribution in [3.8, 4) is 0 Å². The van der Waals surface area contributed by atoms with Gasteiger partial charge in [-0.15, -0.1) is 0 Å². The van der Waals surface area contributed by atoms with Crippen molar-refractivity contribution in [1.82, 2.24) is 9.47 Å². The molecule has 1 N–H and O–H groups in total. The maximum absolute atomic E-state index is 12.1. The zero-order valence-corrected chi connectivity index (χ0v) is 15.2. The lowest BCUT2D eigenvalue weighted by atomic mass is 10.1. The number of carboxylic acid groups (broad SMARTS) is 1. The number of nitrogens with zero attached hydrogens (tertiary/aromatic N) is 2. The van der Waals surface area contributed by atoms with Gasteiger partial charge >= 0.3 is 12.1 Å². The monoisotopic (exact) mass is 384 g/mol. The fourth-order valence-corrected chi connectivity index (χ4v) is 3.79. The molecule has 1 aliphatic rings. The fourth-order valence-electron chi connectivity index (χ4n) is 3.37. The molecule has 0 aliphatic carbocycles. The summed E-state index contributed by atoms with van der Waals surface area (Å²) < 4.78 is 6.90.